The quantitative estimate of drug-likeness (QED) is 0.453. The van der Waals surface area contributed by atoms with E-state index in [4.69, 9.17) is 27.5 Å². The van der Waals surface area contributed by atoms with Crippen molar-refractivity contribution in [1.82, 2.24) is 0 Å². The molecule has 0 amide bonds. The van der Waals surface area contributed by atoms with Crippen LogP contribution in [-0.4, -0.2) is 29.2 Å². The van der Waals surface area contributed by atoms with Crippen molar-refractivity contribution in [2.75, 3.05) is 0 Å². The van der Waals surface area contributed by atoms with Gasteiger partial charge in [0.25, 0.3) is 0 Å². The monoisotopic (exact) mass is 286 g/mol. The third-order valence-electron chi connectivity index (χ3n) is 3.31. The molecular weight excluding hydrogens is 264 g/mol. The van der Waals surface area contributed by atoms with Gasteiger partial charge in [0.05, 0.1) is 12.2 Å². The summed E-state index contributed by atoms with van der Waals surface area (Å²) in [5, 5.41) is 0. The SMILES string of the molecule is C#C[C@@]1(Cl)[C@H](OC(C)=O)[C@@H](CC(C)C)O[C@H]1C(C)C. The second kappa shape index (κ2) is 6.15. The number of ether oxygens (including phenoxy) is 2. The summed E-state index contributed by atoms with van der Waals surface area (Å²) in [6.45, 7) is 9.54. The van der Waals surface area contributed by atoms with Gasteiger partial charge in [0.1, 0.15) is 0 Å². The average Bonchev–Trinajstić information content (AvgIpc) is 2.53. The van der Waals surface area contributed by atoms with Gasteiger partial charge in [-0.2, -0.15) is 0 Å². The fourth-order valence-corrected chi connectivity index (χ4v) is 3.07. The number of carbonyl (C=O) groups is 1. The summed E-state index contributed by atoms with van der Waals surface area (Å²) < 4.78 is 11.4. The Morgan fingerprint density at radius 1 is 1.47 bits per heavy atom. The van der Waals surface area contributed by atoms with Crippen LogP contribution in [0.3, 0.4) is 0 Å². The summed E-state index contributed by atoms with van der Waals surface area (Å²) in [6, 6.07) is 0. The fourth-order valence-electron chi connectivity index (χ4n) is 2.58. The van der Waals surface area contributed by atoms with Crippen LogP contribution >= 0.6 is 11.6 Å². The van der Waals surface area contributed by atoms with Gasteiger partial charge in [0.2, 0.25) is 0 Å². The van der Waals surface area contributed by atoms with Crippen molar-refractivity contribution in [3.63, 3.8) is 0 Å². The highest BCUT2D eigenvalue weighted by Gasteiger charge is 2.57. The lowest BCUT2D eigenvalue weighted by atomic mass is 9.88. The number of alkyl halides is 1. The molecule has 0 radical (unpaired) electrons. The smallest absolute Gasteiger partial charge is 0.303 e. The number of carbonyl (C=O) groups excluding carboxylic acids is 1. The molecule has 19 heavy (non-hydrogen) atoms. The summed E-state index contributed by atoms with van der Waals surface area (Å²) in [7, 11) is 0. The van der Waals surface area contributed by atoms with E-state index in [1.807, 2.05) is 13.8 Å². The zero-order chi connectivity index (χ0) is 14.8. The maximum atomic E-state index is 11.3. The fraction of sp³-hybridized carbons (Fsp3) is 0.800. The Morgan fingerprint density at radius 2 is 2.05 bits per heavy atom. The predicted molar refractivity (Wildman–Crippen MR) is 75.9 cm³/mol. The van der Waals surface area contributed by atoms with Crippen molar-refractivity contribution < 1.29 is 14.3 Å². The van der Waals surface area contributed by atoms with Crippen LogP contribution in [0.5, 0.6) is 0 Å². The van der Waals surface area contributed by atoms with Crippen LogP contribution < -0.4 is 0 Å². The number of rotatable bonds is 4. The zero-order valence-corrected chi connectivity index (χ0v) is 13.0. The van der Waals surface area contributed by atoms with E-state index in [0.29, 0.717) is 5.92 Å². The minimum Gasteiger partial charge on any atom is -0.457 e. The number of terminal acetylenes is 1. The minimum absolute atomic E-state index is 0.156. The molecule has 0 N–H and O–H groups in total. The van der Waals surface area contributed by atoms with Gasteiger partial charge in [0, 0.05) is 6.92 Å². The van der Waals surface area contributed by atoms with Crippen molar-refractivity contribution in [2.45, 2.75) is 64.2 Å². The molecule has 1 aliphatic heterocycles. The van der Waals surface area contributed by atoms with Gasteiger partial charge in [-0.1, -0.05) is 45.2 Å². The molecule has 0 aromatic carbocycles. The van der Waals surface area contributed by atoms with Crippen LogP contribution in [0.15, 0.2) is 0 Å². The van der Waals surface area contributed by atoms with E-state index in [-0.39, 0.29) is 24.1 Å². The van der Waals surface area contributed by atoms with E-state index in [1.54, 1.807) is 0 Å². The van der Waals surface area contributed by atoms with Crippen LogP contribution in [-0.2, 0) is 14.3 Å². The number of hydrogen-bond donors (Lipinski definition) is 0. The van der Waals surface area contributed by atoms with E-state index in [2.05, 4.69) is 19.8 Å². The van der Waals surface area contributed by atoms with Crippen molar-refractivity contribution in [1.29, 1.82) is 0 Å². The van der Waals surface area contributed by atoms with Crippen molar-refractivity contribution in [2.24, 2.45) is 11.8 Å². The van der Waals surface area contributed by atoms with Crippen LogP contribution in [0.2, 0.25) is 0 Å². The third-order valence-corrected chi connectivity index (χ3v) is 3.85. The highest BCUT2D eigenvalue weighted by atomic mass is 35.5. The van der Waals surface area contributed by atoms with Gasteiger partial charge in [-0.15, -0.1) is 6.42 Å². The van der Waals surface area contributed by atoms with Gasteiger partial charge in [-0.3, -0.25) is 4.79 Å². The molecule has 1 heterocycles. The maximum absolute atomic E-state index is 11.3. The van der Waals surface area contributed by atoms with E-state index in [9.17, 15) is 4.79 Å². The second-order valence-corrected chi connectivity index (χ2v) is 6.54. The number of halogens is 1. The van der Waals surface area contributed by atoms with Crippen molar-refractivity contribution in [3.8, 4) is 12.3 Å². The summed E-state index contributed by atoms with van der Waals surface area (Å²) in [5.41, 5.74) is 0. The molecule has 0 bridgehead atoms. The molecule has 0 aliphatic carbocycles. The number of hydrogen-bond acceptors (Lipinski definition) is 3. The molecule has 0 spiro atoms. The van der Waals surface area contributed by atoms with Gasteiger partial charge in [-0.25, -0.2) is 0 Å². The molecule has 1 aliphatic rings. The summed E-state index contributed by atoms with van der Waals surface area (Å²) in [6.07, 6.45) is 5.21. The molecule has 0 aromatic rings. The molecule has 108 valence electrons. The van der Waals surface area contributed by atoms with E-state index < -0.39 is 11.0 Å². The Bertz CT molecular complexity index is 372. The lowest BCUT2D eigenvalue weighted by molar-refractivity contribution is -0.150. The largest absolute Gasteiger partial charge is 0.457 e. The molecule has 1 fully saturated rings. The maximum Gasteiger partial charge on any atom is 0.303 e. The first-order chi connectivity index (χ1) is 8.72. The van der Waals surface area contributed by atoms with Crippen LogP contribution in [0, 0.1) is 24.2 Å². The first-order valence-electron chi connectivity index (χ1n) is 6.71. The molecule has 0 unspecified atom stereocenters. The Balaban J connectivity index is 3.07. The van der Waals surface area contributed by atoms with Gasteiger partial charge < -0.3 is 9.47 Å². The minimum atomic E-state index is -1.08. The Kier molecular flexibility index (Phi) is 5.29. The first-order valence-corrected chi connectivity index (χ1v) is 7.09. The van der Waals surface area contributed by atoms with Gasteiger partial charge in [0.15, 0.2) is 11.0 Å². The predicted octanol–water partition coefficient (Wildman–Crippen LogP) is 3.00. The zero-order valence-electron chi connectivity index (χ0n) is 12.3. The van der Waals surface area contributed by atoms with Gasteiger partial charge >= 0.3 is 5.97 Å². The highest BCUT2D eigenvalue weighted by Crippen LogP contribution is 2.43. The van der Waals surface area contributed by atoms with Crippen molar-refractivity contribution in [3.05, 3.63) is 0 Å². The molecule has 0 aromatic heterocycles. The average molecular weight is 287 g/mol. The second-order valence-electron chi connectivity index (χ2n) is 5.91. The first kappa shape index (κ1) is 16.3. The summed E-state index contributed by atoms with van der Waals surface area (Å²) >= 11 is 6.57. The third kappa shape index (κ3) is 3.43. The molecular formula is C15H23ClO3. The lowest BCUT2D eigenvalue weighted by Crippen LogP contribution is -2.46. The Hall–Kier alpha value is -0.720. The van der Waals surface area contributed by atoms with E-state index >= 15 is 0 Å². The standard InChI is InChI=1S/C15H23ClO3/c1-7-15(16)13(10(4)5)19-12(8-9(2)3)14(15)18-11(6)17/h1,9-10,12-14H,8H2,2-6H3/t12-,13+,14-,15+/m1/s1. The van der Waals surface area contributed by atoms with Crippen LogP contribution in [0.1, 0.15) is 41.0 Å². The van der Waals surface area contributed by atoms with E-state index in [1.165, 1.54) is 6.92 Å². The lowest BCUT2D eigenvalue weighted by Gasteiger charge is -2.29. The molecule has 0 saturated carbocycles. The molecule has 3 nitrogen and oxygen atoms in total. The molecule has 4 atom stereocenters. The van der Waals surface area contributed by atoms with Crippen LogP contribution in [0.4, 0.5) is 0 Å². The Labute approximate surface area is 121 Å². The molecule has 1 rings (SSSR count). The van der Waals surface area contributed by atoms with E-state index in [0.717, 1.165) is 6.42 Å². The normalized spacial score (nSPS) is 34.6. The molecule has 4 heteroatoms. The summed E-state index contributed by atoms with van der Waals surface area (Å²) in [4.78, 5) is 10.2. The summed E-state index contributed by atoms with van der Waals surface area (Å²) in [5.74, 6) is 2.78. The van der Waals surface area contributed by atoms with Crippen LogP contribution in [0.25, 0.3) is 0 Å². The van der Waals surface area contributed by atoms with Gasteiger partial charge in [-0.05, 0) is 18.3 Å². The topological polar surface area (TPSA) is 35.5 Å². The number of esters is 1. The Morgan fingerprint density at radius 3 is 2.42 bits per heavy atom. The highest BCUT2D eigenvalue weighted by molar-refractivity contribution is 6.27. The molecule has 1 saturated heterocycles. The van der Waals surface area contributed by atoms with Crippen molar-refractivity contribution >= 4 is 17.6 Å².